The maximum absolute atomic E-state index is 13.5. The molecule has 214 valence electrons. The third-order valence-corrected chi connectivity index (χ3v) is 7.03. The van der Waals surface area contributed by atoms with Crippen LogP contribution in [-0.4, -0.2) is 81.3 Å². The summed E-state index contributed by atoms with van der Waals surface area (Å²) in [4.78, 5) is 31.2. The van der Waals surface area contributed by atoms with Crippen LogP contribution in [0.25, 0.3) is 0 Å². The first-order valence-corrected chi connectivity index (χ1v) is 15.0. The molecule has 11 nitrogen and oxygen atoms in total. The van der Waals surface area contributed by atoms with Crippen LogP contribution < -0.4 is 14.5 Å². The number of hydrogen-bond donors (Lipinski definition) is 1. The summed E-state index contributed by atoms with van der Waals surface area (Å²) in [6.07, 6.45) is 5.71. The van der Waals surface area contributed by atoms with E-state index in [0.717, 1.165) is 69.7 Å². The van der Waals surface area contributed by atoms with Crippen molar-refractivity contribution in [1.82, 2.24) is 4.90 Å². The Kier molecular flexibility index (Phi) is 11.1. The zero-order valence-electron chi connectivity index (χ0n) is 22.6. The van der Waals surface area contributed by atoms with E-state index >= 15 is 0 Å². The summed E-state index contributed by atoms with van der Waals surface area (Å²) in [5.41, 5.74) is 1.50. The highest BCUT2D eigenvalue weighted by atomic mass is 32.2. The highest BCUT2D eigenvalue weighted by Gasteiger charge is 2.31. The first-order valence-electron chi connectivity index (χ1n) is 13.2. The Balaban J connectivity index is 0.000000771. The summed E-state index contributed by atoms with van der Waals surface area (Å²) >= 11 is 0. The highest BCUT2D eigenvalue weighted by molar-refractivity contribution is 7.85. The Morgan fingerprint density at radius 2 is 1.64 bits per heavy atom. The van der Waals surface area contributed by atoms with Crippen LogP contribution in [0.2, 0.25) is 0 Å². The Hall–Kier alpha value is -3.22. The van der Waals surface area contributed by atoms with Gasteiger partial charge < -0.3 is 14.5 Å². The average molecular weight is 563 g/mol. The second kappa shape index (κ2) is 14.2. The largest absolute Gasteiger partial charge is 0.495 e. The van der Waals surface area contributed by atoms with E-state index in [1.807, 2.05) is 18.2 Å². The van der Waals surface area contributed by atoms with Crippen molar-refractivity contribution >= 4 is 33.1 Å². The normalized spacial score (nSPS) is 16.6. The summed E-state index contributed by atoms with van der Waals surface area (Å²) in [6, 6.07) is 14.7. The maximum Gasteiger partial charge on any atom is 0.292 e. The summed E-state index contributed by atoms with van der Waals surface area (Å²) < 4.78 is 31.4. The zero-order valence-corrected chi connectivity index (χ0v) is 23.4. The van der Waals surface area contributed by atoms with Gasteiger partial charge in [0.25, 0.3) is 15.8 Å². The minimum atomic E-state index is -3.67. The molecule has 1 aliphatic heterocycles. The molecule has 0 atom stereocenters. The van der Waals surface area contributed by atoms with Gasteiger partial charge in [-0.15, -0.1) is 0 Å². The van der Waals surface area contributed by atoms with Gasteiger partial charge in [0.2, 0.25) is 5.91 Å². The van der Waals surface area contributed by atoms with Crippen molar-refractivity contribution in [2.75, 3.05) is 62.4 Å². The summed E-state index contributed by atoms with van der Waals surface area (Å²) in [6.45, 7) is 4.59. The number of carbonyl (C=O) groups excluding carboxylic acids is 1. The molecule has 1 saturated heterocycles. The Labute approximate surface area is 230 Å². The summed E-state index contributed by atoms with van der Waals surface area (Å²) in [7, 11) is -1.98. The van der Waals surface area contributed by atoms with Crippen molar-refractivity contribution in [3.8, 4) is 5.75 Å². The fourth-order valence-electron chi connectivity index (χ4n) is 5.11. The quantitative estimate of drug-likeness (QED) is 0.289. The molecule has 2 aliphatic rings. The molecule has 0 aromatic heterocycles. The molecule has 1 heterocycles. The number of anilines is 2. The van der Waals surface area contributed by atoms with Gasteiger partial charge in [-0.1, -0.05) is 43.5 Å². The lowest BCUT2D eigenvalue weighted by molar-refractivity contribution is -0.384. The van der Waals surface area contributed by atoms with Crippen LogP contribution in [0, 0.1) is 16.0 Å². The van der Waals surface area contributed by atoms with Gasteiger partial charge in [0.1, 0.15) is 11.4 Å². The molecule has 2 fully saturated rings. The van der Waals surface area contributed by atoms with Gasteiger partial charge >= 0.3 is 0 Å². The minimum absolute atomic E-state index is 0.00680. The van der Waals surface area contributed by atoms with Crippen LogP contribution >= 0.6 is 0 Å². The highest BCUT2D eigenvalue weighted by Crippen LogP contribution is 2.33. The van der Waals surface area contributed by atoms with Crippen molar-refractivity contribution in [2.24, 2.45) is 5.92 Å². The topological polar surface area (TPSA) is 134 Å². The van der Waals surface area contributed by atoms with Crippen molar-refractivity contribution < 1.29 is 27.4 Å². The number of nitrogens with zero attached hydrogens (tertiary/aromatic N) is 4. The van der Waals surface area contributed by atoms with Crippen LogP contribution in [0.3, 0.4) is 0 Å². The monoisotopic (exact) mass is 562 g/mol. The standard InChI is InChI=1S/C26H34N4O4.CH4O3S/c1-34-25-14-8-7-13-24(25)28-18-15-27(16-19-28)17-20-29(26(31)21-9-3-2-4-10-21)22-11-5-6-12-23(22)30(32)33;1-5(2,3)4/h5-8,11-14,21H,2-4,9-10,15-20H2,1H3;1H3,(H,2,3,4). The molecular weight excluding hydrogens is 524 g/mol. The van der Waals surface area contributed by atoms with Crippen LogP contribution in [0.1, 0.15) is 32.1 Å². The SMILES string of the molecule is COc1ccccc1N1CCN(CCN(C(=O)C2CCCCC2)c2ccccc2[N+](=O)[O-])CC1.CS(=O)(=O)O. The second-order valence-electron chi connectivity index (χ2n) is 9.80. The average Bonchev–Trinajstić information content (AvgIpc) is 2.93. The van der Waals surface area contributed by atoms with Crippen molar-refractivity contribution in [3.63, 3.8) is 0 Å². The van der Waals surface area contributed by atoms with Gasteiger partial charge in [-0.2, -0.15) is 8.42 Å². The van der Waals surface area contributed by atoms with Gasteiger partial charge in [0, 0.05) is 51.3 Å². The predicted molar refractivity (Wildman–Crippen MR) is 151 cm³/mol. The number of benzene rings is 2. The number of piperazine rings is 1. The molecule has 0 radical (unpaired) electrons. The molecule has 2 aromatic carbocycles. The number of para-hydroxylation sites is 4. The van der Waals surface area contributed by atoms with Gasteiger partial charge in [-0.25, -0.2) is 0 Å². The second-order valence-corrected chi connectivity index (χ2v) is 11.3. The number of amides is 1. The predicted octanol–water partition coefficient (Wildman–Crippen LogP) is 3.84. The lowest BCUT2D eigenvalue weighted by Crippen LogP contribution is -2.49. The Bertz CT molecular complexity index is 1200. The van der Waals surface area contributed by atoms with Crippen LogP contribution in [0.15, 0.2) is 48.5 Å². The molecule has 0 spiro atoms. The number of nitro benzene ring substituents is 1. The number of ether oxygens (including phenoxy) is 1. The van der Waals surface area contributed by atoms with Crippen LogP contribution in [-0.2, 0) is 14.9 Å². The number of nitro groups is 1. The van der Waals surface area contributed by atoms with E-state index in [-0.39, 0.29) is 22.4 Å². The molecule has 4 rings (SSSR count). The number of carbonyl (C=O) groups is 1. The molecule has 0 unspecified atom stereocenters. The molecule has 2 aromatic rings. The number of hydrogen-bond acceptors (Lipinski definition) is 8. The van der Waals surface area contributed by atoms with E-state index in [0.29, 0.717) is 25.0 Å². The first-order chi connectivity index (χ1) is 18.6. The third kappa shape index (κ3) is 9.19. The maximum atomic E-state index is 13.5. The smallest absolute Gasteiger partial charge is 0.292 e. The first kappa shape index (κ1) is 30.3. The van der Waals surface area contributed by atoms with Gasteiger partial charge in [-0.3, -0.25) is 24.4 Å². The molecule has 39 heavy (non-hydrogen) atoms. The van der Waals surface area contributed by atoms with Crippen LogP contribution in [0.5, 0.6) is 5.75 Å². The van der Waals surface area contributed by atoms with E-state index in [4.69, 9.17) is 9.29 Å². The number of rotatable bonds is 8. The minimum Gasteiger partial charge on any atom is -0.495 e. The van der Waals surface area contributed by atoms with Crippen molar-refractivity contribution in [3.05, 3.63) is 58.6 Å². The molecule has 0 bridgehead atoms. The van der Waals surface area contributed by atoms with E-state index in [1.54, 1.807) is 30.2 Å². The Morgan fingerprint density at radius 1 is 1.05 bits per heavy atom. The number of methoxy groups -OCH3 is 1. The van der Waals surface area contributed by atoms with Crippen LogP contribution in [0.4, 0.5) is 17.1 Å². The van der Waals surface area contributed by atoms with Gasteiger partial charge in [-0.05, 0) is 31.0 Å². The van der Waals surface area contributed by atoms with Crippen molar-refractivity contribution in [2.45, 2.75) is 32.1 Å². The third-order valence-electron chi connectivity index (χ3n) is 7.03. The van der Waals surface area contributed by atoms with Gasteiger partial charge in [0.15, 0.2) is 0 Å². The lowest BCUT2D eigenvalue weighted by Gasteiger charge is -2.38. The zero-order chi connectivity index (χ0) is 28.4. The molecule has 12 heteroatoms. The molecule has 1 saturated carbocycles. The van der Waals surface area contributed by atoms with E-state index in [1.165, 1.54) is 6.07 Å². The summed E-state index contributed by atoms with van der Waals surface area (Å²) in [5, 5.41) is 11.7. The summed E-state index contributed by atoms with van der Waals surface area (Å²) in [5.74, 6) is 0.856. The molecule has 1 amide bonds. The van der Waals surface area contributed by atoms with E-state index in [9.17, 15) is 23.3 Å². The van der Waals surface area contributed by atoms with E-state index < -0.39 is 10.1 Å². The molecular formula is C27H38N4O7S. The Morgan fingerprint density at radius 3 is 2.26 bits per heavy atom. The molecule has 1 N–H and O–H groups in total. The fraction of sp³-hybridized carbons (Fsp3) is 0.519. The molecule has 1 aliphatic carbocycles. The van der Waals surface area contributed by atoms with E-state index in [2.05, 4.69) is 15.9 Å². The van der Waals surface area contributed by atoms with Crippen molar-refractivity contribution in [1.29, 1.82) is 0 Å². The lowest BCUT2D eigenvalue weighted by atomic mass is 9.88. The fourth-order valence-corrected chi connectivity index (χ4v) is 5.11. The van der Waals surface area contributed by atoms with Gasteiger partial charge in [0.05, 0.1) is 24.0 Å².